The lowest BCUT2D eigenvalue weighted by Crippen LogP contribution is -2.41. The van der Waals surface area contributed by atoms with Crippen LogP contribution in [-0.4, -0.2) is 25.6 Å². The third-order valence-electron chi connectivity index (χ3n) is 2.59. The summed E-state index contributed by atoms with van der Waals surface area (Å²) < 4.78 is 13.5. The molecule has 3 nitrogen and oxygen atoms in total. The maximum Gasteiger partial charge on any atom is 0.191 e. The first-order valence-corrected chi connectivity index (χ1v) is 6.51. The summed E-state index contributed by atoms with van der Waals surface area (Å²) in [6.45, 7) is 2.66. The molecule has 1 aliphatic heterocycles. The molecule has 18 heavy (non-hydrogen) atoms. The van der Waals surface area contributed by atoms with Gasteiger partial charge in [-0.3, -0.25) is 4.99 Å². The van der Waals surface area contributed by atoms with Crippen LogP contribution in [0.25, 0.3) is 0 Å². The minimum atomic E-state index is -0.222. The largest absolute Gasteiger partial charge is 0.356 e. The molecule has 0 aliphatic carbocycles. The molecule has 0 unspecified atom stereocenters. The molecule has 2 rings (SSSR count). The Balaban J connectivity index is 0.00000162. The zero-order valence-corrected chi connectivity index (χ0v) is 13.8. The second-order valence-electron chi connectivity index (χ2n) is 3.94. The molecule has 0 spiro atoms. The summed E-state index contributed by atoms with van der Waals surface area (Å²) in [5.74, 6) is 0.650. The first-order chi connectivity index (χ1) is 8.25. The van der Waals surface area contributed by atoms with Crippen molar-refractivity contribution in [1.29, 1.82) is 0 Å². The normalized spacial score (nSPS) is 14.2. The third kappa shape index (κ3) is 4.72. The highest BCUT2D eigenvalue weighted by molar-refractivity contribution is 14.0. The van der Waals surface area contributed by atoms with Crippen molar-refractivity contribution >= 4 is 45.9 Å². The van der Waals surface area contributed by atoms with Crippen molar-refractivity contribution in [3.8, 4) is 0 Å². The minimum absolute atomic E-state index is 0. The number of guanidine groups is 1. The molecule has 2 N–H and O–H groups in total. The third-order valence-corrected chi connectivity index (χ3v) is 3.20. The predicted molar refractivity (Wildman–Crippen MR) is 86.1 cm³/mol. The summed E-state index contributed by atoms with van der Waals surface area (Å²) in [6, 6.07) is 5.10. The van der Waals surface area contributed by atoms with Gasteiger partial charge in [0.15, 0.2) is 5.96 Å². The molecular formula is C12H16BrFIN3. The van der Waals surface area contributed by atoms with E-state index in [1.54, 1.807) is 6.07 Å². The van der Waals surface area contributed by atoms with E-state index in [1.807, 2.05) is 6.07 Å². The van der Waals surface area contributed by atoms with E-state index in [1.165, 1.54) is 6.07 Å². The van der Waals surface area contributed by atoms with Crippen LogP contribution in [0.5, 0.6) is 0 Å². The van der Waals surface area contributed by atoms with Crippen LogP contribution in [0.1, 0.15) is 12.0 Å². The summed E-state index contributed by atoms with van der Waals surface area (Å²) in [5.41, 5.74) is 1.10. The lowest BCUT2D eigenvalue weighted by molar-refractivity contribution is 0.620. The van der Waals surface area contributed by atoms with Crippen LogP contribution in [0.2, 0.25) is 0 Å². The fourth-order valence-corrected chi connectivity index (χ4v) is 2.10. The smallest absolute Gasteiger partial charge is 0.191 e. The van der Waals surface area contributed by atoms with Gasteiger partial charge in [-0.05, 0) is 46.5 Å². The van der Waals surface area contributed by atoms with E-state index < -0.39 is 0 Å². The summed E-state index contributed by atoms with van der Waals surface area (Å²) in [4.78, 5) is 4.32. The molecule has 1 aromatic carbocycles. The number of halogens is 3. The van der Waals surface area contributed by atoms with E-state index in [9.17, 15) is 4.39 Å². The van der Waals surface area contributed by atoms with Gasteiger partial charge in [-0.25, -0.2) is 4.39 Å². The minimum Gasteiger partial charge on any atom is -0.356 e. The maximum atomic E-state index is 13.0. The highest BCUT2D eigenvalue weighted by atomic mass is 127. The number of nitrogens with one attached hydrogen (secondary N) is 2. The average Bonchev–Trinajstić information content (AvgIpc) is 2.35. The maximum absolute atomic E-state index is 13.0. The monoisotopic (exact) mass is 427 g/mol. The van der Waals surface area contributed by atoms with Crippen molar-refractivity contribution in [3.05, 3.63) is 34.1 Å². The van der Waals surface area contributed by atoms with Crippen molar-refractivity contribution in [1.82, 2.24) is 10.6 Å². The molecule has 6 heteroatoms. The van der Waals surface area contributed by atoms with Gasteiger partial charge in [0.2, 0.25) is 0 Å². The molecule has 1 aromatic rings. The van der Waals surface area contributed by atoms with E-state index in [-0.39, 0.29) is 29.8 Å². The Morgan fingerprint density at radius 1 is 1.44 bits per heavy atom. The molecule has 0 radical (unpaired) electrons. The number of aliphatic imine (C=N–C) groups is 1. The Labute approximate surface area is 132 Å². The molecule has 100 valence electrons. The number of nitrogens with zero attached hydrogens (tertiary/aromatic N) is 1. The quantitative estimate of drug-likeness (QED) is 0.727. The Bertz CT molecular complexity index is 426. The van der Waals surface area contributed by atoms with E-state index in [0.717, 1.165) is 44.0 Å². The zero-order chi connectivity index (χ0) is 12.1. The van der Waals surface area contributed by atoms with Crippen molar-refractivity contribution in [2.24, 2.45) is 4.99 Å². The van der Waals surface area contributed by atoms with Crippen molar-refractivity contribution in [2.45, 2.75) is 12.8 Å². The van der Waals surface area contributed by atoms with Gasteiger partial charge in [-0.2, -0.15) is 0 Å². The Kier molecular flexibility index (Phi) is 6.91. The summed E-state index contributed by atoms with van der Waals surface area (Å²) in [5, 5.41) is 6.43. The molecule has 0 fully saturated rings. The van der Waals surface area contributed by atoms with Crippen LogP contribution < -0.4 is 10.6 Å². The Morgan fingerprint density at radius 2 is 2.28 bits per heavy atom. The molecule has 1 aliphatic rings. The van der Waals surface area contributed by atoms with Gasteiger partial charge in [-0.1, -0.05) is 6.07 Å². The summed E-state index contributed by atoms with van der Waals surface area (Å²) in [6.07, 6.45) is 1.94. The Hall–Kier alpha value is -0.370. The summed E-state index contributed by atoms with van der Waals surface area (Å²) in [7, 11) is 0. The van der Waals surface area contributed by atoms with E-state index in [0.29, 0.717) is 4.47 Å². The molecule has 0 bridgehead atoms. The van der Waals surface area contributed by atoms with Gasteiger partial charge in [0.05, 0.1) is 4.47 Å². The van der Waals surface area contributed by atoms with E-state index in [2.05, 4.69) is 31.6 Å². The number of hydrogen-bond donors (Lipinski definition) is 2. The molecule has 0 saturated carbocycles. The van der Waals surface area contributed by atoms with E-state index in [4.69, 9.17) is 0 Å². The highest BCUT2D eigenvalue weighted by Gasteiger charge is 2.03. The lowest BCUT2D eigenvalue weighted by atomic mass is 10.1. The van der Waals surface area contributed by atoms with Crippen molar-refractivity contribution in [2.75, 3.05) is 19.6 Å². The van der Waals surface area contributed by atoms with Gasteiger partial charge in [-0.15, -0.1) is 24.0 Å². The number of benzene rings is 1. The Morgan fingerprint density at radius 3 is 2.94 bits per heavy atom. The standard InChI is InChI=1S/C12H15BrFN3.HI/c13-10-8-9(2-3-11(10)14)4-7-17-12-15-5-1-6-16-12;/h2-3,8H,1,4-7H2,(H2,15,16,17);1H. The van der Waals surface area contributed by atoms with Gasteiger partial charge < -0.3 is 10.6 Å². The molecule has 1 heterocycles. The van der Waals surface area contributed by atoms with Crippen LogP contribution in [0.3, 0.4) is 0 Å². The van der Waals surface area contributed by atoms with Crippen molar-refractivity contribution < 1.29 is 4.39 Å². The first kappa shape index (κ1) is 15.7. The topological polar surface area (TPSA) is 36.4 Å². The molecule has 0 atom stereocenters. The van der Waals surface area contributed by atoms with E-state index >= 15 is 0 Å². The second-order valence-corrected chi connectivity index (χ2v) is 4.79. The molecule has 0 aromatic heterocycles. The highest BCUT2D eigenvalue weighted by Crippen LogP contribution is 2.16. The lowest BCUT2D eigenvalue weighted by Gasteiger charge is -2.15. The number of hydrogen-bond acceptors (Lipinski definition) is 3. The number of rotatable bonds is 3. The van der Waals surface area contributed by atoms with Crippen LogP contribution in [0.15, 0.2) is 27.7 Å². The fourth-order valence-electron chi connectivity index (χ4n) is 1.67. The van der Waals surface area contributed by atoms with Gasteiger partial charge in [0.1, 0.15) is 5.82 Å². The van der Waals surface area contributed by atoms with Gasteiger partial charge >= 0.3 is 0 Å². The average molecular weight is 428 g/mol. The van der Waals surface area contributed by atoms with Crippen LogP contribution in [0, 0.1) is 5.82 Å². The van der Waals surface area contributed by atoms with Gasteiger partial charge in [0.25, 0.3) is 0 Å². The van der Waals surface area contributed by atoms with Crippen molar-refractivity contribution in [3.63, 3.8) is 0 Å². The molecular weight excluding hydrogens is 412 g/mol. The van der Waals surface area contributed by atoms with Crippen LogP contribution in [-0.2, 0) is 6.42 Å². The fraction of sp³-hybridized carbons (Fsp3) is 0.417. The van der Waals surface area contributed by atoms with Crippen LogP contribution >= 0.6 is 39.9 Å². The molecule has 0 amide bonds. The van der Waals surface area contributed by atoms with Gasteiger partial charge in [0, 0.05) is 19.6 Å². The first-order valence-electron chi connectivity index (χ1n) is 5.72. The molecule has 0 saturated heterocycles. The SMILES string of the molecule is Fc1ccc(CCNC2=NCCCN2)cc1Br.I. The second kappa shape index (κ2) is 7.93. The van der Waals surface area contributed by atoms with Crippen LogP contribution in [0.4, 0.5) is 4.39 Å². The predicted octanol–water partition coefficient (Wildman–Crippen LogP) is 2.69. The zero-order valence-electron chi connectivity index (χ0n) is 9.88. The summed E-state index contributed by atoms with van der Waals surface area (Å²) >= 11 is 3.18.